The number of halogens is 3. The van der Waals surface area contributed by atoms with Crippen molar-refractivity contribution >= 4 is 45.9 Å². The quantitative estimate of drug-likeness (QED) is 0.209. The van der Waals surface area contributed by atoms with Crippen molar-refractivity contribution in [1.82, 2.24) is 20.3 Å². The highest BCUT2D eigenvalue weighted by molar-refractivity contribution is 6.34. The predicted octanol–water partition coefficient (Wildman–Crippen LogP) is 3.88. The molecule has 0 bridgehead atoms. The molecular weight excluding hydrogens is 554 g/mol. The number of ether oxygens (including phenoxy) is 2. The molecule has 15 heteroatoms. The zero-order valence-corrected chi connectivity index (χ0v) is 21.2. The Balaban J connectivity index is 1.49. The first kappa shape index (κ1) is 26.6. The number of amides is 3. The van der Waals surface area contributed by atoms with E-state index >= 15 is 4.39 Å². The summed E-state index contributed by atoms with van der Waals surface area (Å²) >= 11 is 6.06. The molecule has 0 saturated heterocycles. The van der Waals surface area contributed by atoms with Gasteiger partial charge >= 0.3 is 11.7 Å². The second-order valence-electron chi connectivity index (χ2n) is 8.67. The maximum atomic E-state index is 15.1. The predicted molar refractivity (Wildman–Crippen MR) is 141 cm³/mol. The highest BCUT2D eigenvalue weighted by Gasteiger charge is 2.26. The number of aromatic amines is 2. The zero-order valence-electron chi connectivity index (χ0n) is 20.5. The molecule has 2 heterocycles. The summed E-state index contributed by atoms with van der Waals surface area (Å²) < 4.78 is 41.0. The van der Waals surface area contributed by atoms with Crippen molar-refractivity contribution in [2.45, 2.75) is 18.9 Å². The summed E-state index contributed by atoms with van der Waals surface area (Å²) in [7, 11) is 1.31. The van der Waals surface area contributed by atoms with Gasteiger partial charge in [-0.3, -0.25) is 24.5 Å². The van der Waals surface area contributed by atoms with Crippen LogP contribution in [0.3, 0.4) is 0 Å². The third-order valence-corrected chi connectivity index (χ3v) is 6.13. The fourth-order valence-corrected chi connectivity index (χ4v) is 3.94. The van der Waals surface area contributed by atoms with E-state index in [1.807, 2.05) is 4.98 Å². The summed E-state index contributed by atoms with van der Waals surface area (Å²) in [4.78, 5) is 56.6. The molecule has 0 radical (unpaired) electrons. The Kier molecular flexibility index (Phi) is 7.09. The third kappa shape index (κ3) is 5.56. The molecule has 40 heavy (non-hydrogen) atoms. The lowest BCUT2D eigenvalue weighted by molar-refractivity contribution is 0.102. The Morgan fingerprint density at radius 1 is 1.07 bits per heavy atom. The number of nitrogens with one attached hydrogen (secondary N) is 5. The number of pyridine rings is 1. The summed E-state index contributed by atoms with van der Waals surface area (Å²) in [6.45, 7) is 0. The number of carbonyl (C=O) groups excluding carboxylic acids is 2. The van der Waals surface area contributed by atoms with E-state index in [1.54, 1.807) is 0 Å². The van der Waals surface area contributed by atoms with Crippen LogP contribution in [0.4, 0.5) is 25.1 Å². The Bertz CT molecular complexity index is 1760. The van der Waals surface area contributed by atoms with Gasteiger partial charge in [0, 0.05) is 35.8 Å². The maximum absolute atomic E-state index is 15.1. The molecule has 206 valence electrons. The summed E-state index contributed by atoms with van der Waals surface area (Å²) in [6.07, 6.45) is 2.95. The number of H-pyrrole nitrogens is 2. The number of aromatic nitrogens is 3. The van der Waals surface area contributed by atoms with Crippen molar-refractivity contribution < 1.29 is 27.8 Å². The van der Waals surface area contributed by atoms with Crippen molar-refractivity contribution in [1.29, 1.82) is 0 Å². The number of hydrogen-bond donors (Lipinski definition) is 5. The topological polar surface area (TPSA) is 167 Å². The number of rotatable bonds is 7. The molecule has 1 fully saturated rings. The molecule has 0 atom stereocenters. The molecule has 0 aliphatic heterocycles. The lowest BCUT2D eigenvalue weighted by Gasteiger charge is -2.15. The number of methoxy groups -OCH3 is 1. The molecule has 12 nitrogen and oxygen atoms in total. The number of carbonyl (C=O) groups is 2. The Hall–Kier alpha value is -4.98. The normalized spacial score (nSPS) is 12.6. The minimum absolute atomic E-state index is 0.0132. The van der Waals surface area contributed by atoms with E-state index in [1.165, 1.54) is 31.5 Å². The number of hydrogen-bond acceptors (Lipinski definition) is 7. The average molecular weight is 573 g/mol. The molecule has 2 aromatic heterocycles. The molecule has 4 aromatic rings. The van der Waals surface area contributed by atoms with Crippen LogP contribution < -0.4 is 36.7 Å². The van der Waals surface area contributed by atoms with Gasteiger partial charge in [0.25, 0.3) is 11.5 Å². The van der Waals surface area contributed by atoms with Gasteiger partial charge in [0.1, 0.15) is 22.3 Å². The van der Waals surface area contributed by atoms with E-state index in [9.17, 15) is 23.6 Å². The molecule has 1 aliphatic carbocycles. The Morgan fingerprint density at radius 3 is 2.55 bits per heavy atom. The van der Waals surface area contributed by atoms with Crippen LogP contribution in [0.1, 0.15) is 23.2 Å². The molecular formula is C25H19ClF2N6O6. The van der Waals surface area contributed by atoms with Crippen molar-refractivity contribution in [2.75, 3.05) is 17.7 Å². The minimum Gasteiger partial charge on any atom is -0.496 e. The lowest BCUT2D eigenvalue weighted by atomic mass is 10.1. The van der Waals surface area contributed by atoms with E-state index in [-0.39, 0.29) is 45.5 Å². The highest BCUT2D eigenvalue weighted by atomic mass is 35.5. The van der Waals surface area contributed by atoms with Crippen LogP contribution in [-0.4, -0.2) is 40.0 Å². The van der Waals surface area contributed by atoms with Crippen LogP contribution in [0.15, 0.2) is 46.1 Å². The van der Waals surface area contributed by atoms with Gasteiger partial charge < -0.3 is 25.4 Å². The van der Waals surface area contributed by atoms with Crippen LogP contribution in [0.25, 0.3) is 10.9 Å². The third-order valence-electron chi connectivity index (χ3n) is 5.77. The molecule has 0 spiro atoms. The molecule has 1 saturated carbocycles. The largest absolute Gasteiger partial charge is 0.496 e. The fourth-order valence-electron chi connectivity index (χ4n) is 3.75. The lowest BCUT2D eigenvalue weighted by Crippen LogP contribution is -2.30. The van der Waals surface area contributed by atoms with Gasteiger partial charge in [-0.05, 0) is 25.0 Å². The molecule has 2 aromatic carbocycles. The van der Waals surface area contributed by atoms with Gasteiger partial charge in [-0.1, -0.05) is 11.6 Å². The second kappa shape index (κ2) is 10.6. The SMILES string of the molecule is COc1cc2nccc(Oc3c(F)cc(NC(=O)NC4CC4)c(Cl)c3F)c2cc1C(=O)Nc1cc(=O)[nH]c(=O)[nH]1. The second-order valence-corrected chi connectivity index (χ2v) is 9.05. The standard InChI is InChI=1S/C25H19ClF2N6O6/c1-39-17-8-14-11(6-12(17)23(36)32-18-9-19(35)34-25(38)33-18)16(4-5-29-14)40-22-13(27)7-15(20(26)21(22)28)31-24(37)30-10-2-3-10/h4-10H,2-3H2,1H3,(H2,30,31,37)(H3,32,33,34,35,36,38). The number of benzene rings is 2. The summed E-state index contributed by atoms with van der Waals surface area (Å²) in [5.41, 5.74) is -1.69. The number of anilines is 2. The first-order valence-corrected chi connectivity index (χ1v) is 12.1. The van der Waals surface area contributed by atoms with Crippen molar-refractivity contribution in [3.63, 3.8) is 0 Å². The summed E-state index contributed by atoms with van der Waals surface area (Å²) in [5.74, 6) is -4.25. The molecule has 1 aliphatic rings. The minimum atomic E-state index is -1.27. The number of urea groups is 1. The molecule has 3 amide bonds. The fraction of sp³-hybridized carbons (Fsp3) is 0.160. The van der Waals surface area contributed by atoms with Gasteiger partial charge in [0.15, 0.2) is 17.4 Å². The van der Waals surface area contributed by atoms with Gasteiger partial charge in [0.2, 0.25) is 0 Å². The van der Waals surface area contributed by atoms with E-state index in [2.05, 4.69) is 25.9 Å². The first-order valence-electron chi connectivity index (χ1n) is 11.7. The van der Waals surface area contributed by atoms with E-state index in [4.69, 9.17) is 21.1 Å². The average Bonchev–Trinajstić information content (AvgIpc) is 3.72. The number of fused-ring (bicyclic) bond motifs is 1. The van der Waals surface area contributed by atoms with Gasteiger partial charge in [-0.2, -0.15) is 0 Å². The first-order chi connectivity index (χ1) is 19.1. The molecule has 5 N–H and O–H groups in total. The Labute approximate surface area is 227 Å². The molecule has 5 rings (SSSR count). The Morgan fingerprint density at radius 2 is 1.85 bits per heavy atom. The smallest absolute Gasteiger partial charge is 0.327 e. The molecule has 0 unspecified atom stereocenters. The van der Waals surface area contributed by atoms with Crippen molar-refractivity contribution in [3.05, 3.63) is 79.6 Å². The van der Waals surface area contributed by atoms with Crippen LogP contribution in [-0.2, 0) is 0 Å². The van der Waals surface area contributed by atoms with Crippen LogP contribution in [0.2, 0.25) is 5.02 Å². The van der Waals surface area contributed by atoms with Crippen LogP contribution in [0, 0.1) is 11.6 Å². The van der Waals surface area contributed by atoms with Crippen LogP contribution in [0.5, 0.6) is 17.2 Å². The zero-order chi connectivity index (χ0) is 28.6. The van der Waals surface area contributed by atoms with Gasteiger partial charge in [-0.15, -0.1) is 0 Å². The monoisotopic (exact) mass is 572 g/mol. The summed E-state index contributed by atoms with van der Waals surface area (Å²) in [5, 5.41) is 6.90. The van der Waals surface area contributed by atoms with Gasteiger partial charge in [0.05, 0.1) is 23.9 Å². The highest BCUT2D eigenvalue weighted by Crippen LogP contribution is 2.39. The van der Waals surface area contributed by atoms with Crippen molar-refractivity contribution in [2.24, 2.45) is 0 Å². The van der Waals surface area contributed by atoms with E-state index < -0.39 is 45.6 Å². The maximum Gasteiger partial charge on any atom is 0.327 e. The van der Waals surface area contributed by atoms with E-state index in [0.717, 1.165) is 25.0 Å². The van der Waals surface area contributed by atoms with Crippen molar-refractivity contribution in [3.8, 4) is 17.2 Å². The summed E-state index contributed by atoms with van der Waals surface area (Å²) in [6, 6.07) is 5.15. The van der Waals surface area contributed by atoms with Gasteiger partial charge in [-0.25, -0.2) is 18.4 Å². The van der Waals surface area contributed by atoms with E-state index in [0.29, 0.717) is 0 Å². The van der Waals surface area contributed by atoms with Crippen LogP contribution >= 0.6 is 11.6 Å². The number of nitrogens with zero attached hydrogens (tertiary/aromatic N) is 1.